The molecular formula is C29H30BrNO3. The van der Waals surface area contributed by atoms with Crippen molar-refractivity contribution in [2.45, 2.75) is 51.5 Å². The lowest BCUT2D eigenvalue weighted by molar-refractivity contribution is -0.136. The lowest BCUT2D eigenvalue weighted by atomic mass is 9.78. The van der Waals surface area contributed by atoms with Crippen molar-refractivity contribution in [3.05, 3.63) is 81.8 Å². The van der Waals surface area contributed by atoms with Crippen molar-refractivity contribution >= 4 is 38.6 Å². The fourth-order valence-corrected chi connectivity index (χ4v) is 5.44. The Bertz CT molecular complexity index is 1270. The molecule has 0 fully saturated rings. The maximum absolute atomic E-state index is 14.0. The van der Waals surface area contributed by atoms with Crippen molar-refractivity contribution in [1.82, 2.24) is 5.32 Å². The van der Waals surface area contributed by atoms with E-state index in [-0.39, 0.29) is 17.4 Å². The van der Waals surface area contributed by atoms with E-state index in [9.17, 15) is 9.59 Å². The fourth-order valence-electron chi connectivity index (χ4n) is 5.08. The van der Waals surface area contributed by atoms with Crippen LogP contribution in [-0.2, 0) is 9.53 Å². The molecule has 1 amide bonds. The van der Waals surface area contributed by atoms with Crippen molar-refractivity contribution in [2.75, 3.05) is 7.11 Å². The molecule has 0 saturated heterocycles. The maximum Gasteiger partial charge on any atom is 0.333 e. The van der Waals surface area contributed by atoms with E-state index in [1.54, 1.807) is 0 Å². The molecule has 3 aromatic rings. The Morgan fingerprint density at radius 1 is 1.12 bits per heavy atom. The molecule has 1 aliphatic carbocycles. The zero-order chi connectivity index (χ0) is 24.3. The monoisotopic (exact) mass is 519 g/mol. The number of nitrogens with one attached hydrogen (secondary N) is 1. The molecule has 3 aromatic carbocycles. The molecule has 0 spiro atoms. The summed E-state index contributed by atoms with van der Waals surface area (Å²) in [5.41, 5.74) is 4.13. The Hall–Kier alpha value is -2.92. The lowest BCUT2D eigenvalue weighted by Crippen LogP contribution is -2.49. The average Bonchev–Trinajstić information content (AvgIpc) is 2.84. The van der Waals surface area contributed by atoms with Gasteiger partial charge in [-0.3, -0.25) is 4.79 Å². The highest BCUT2D eigenvalue weighted by Gasteiger charge is 2.35. The Balaban J connectivity index is 1.78. The molecular weight excluding hydrogens is 490 g/mol. The van der Waals surface area contributed by atoms with Gasteiger partial charge in [-0.15, -0.1) is 0 Å². The Morgan fingerprint density at radius 3 is 2.53 bits per heavy atom. The first kappa shape index (κ1) is 24.2. The number of methoxy groups -OCH3 is 1. The van der Waals surface area contributed by atoms with Crippen LogP contribution in [0.3, 0.4) is 0 Å². The number of amides is 1. The number of benzene rings is 3. The molecule has 176 valence electrons. The number of carbonyl (C=O) groups is 2. The first-order chi connectivity index (χ1) is 16.4. The normalized spacial score (nSPS) is 17.8. The van der Waals surface area contributed by atoms with Crippen molar-refractivity contribution in [2.24, 2.45) is 0 Å². The summed E-state index contributed by atoms with van der Waals surface area (Å²) in [7, 11) is 1.41. The van der Waals surface area contributed by atoms with Gasteiger partial charge in [-0.2, -0.15) is 0 Å². The predicted octanol–water partition coefficient (Wildman–Crippen LogP) is 7.13. The van der Waals surface area contributed by atoms with Gasteiger partial charge in [0.25, 0.3) is 5.91 Å². The first-order valence-electron chi connectivity index (χ1n) is 11.8. The minimum atomic E-state index is -0.378. The van der Waals surface area contributed by atoms with Crippen molar-refractivity contribution in [1.29, 1.82) is 0 Å². The first-order valence-corrected chi connectivity index (χ1v) is 12.5. The molecule has 34 heavy (non-hydrogen) atoms. The zero-order valence-corrected chi connectivity index (χ0v) is 21.5. The van der Waals surface area contributed by atoms with E-state index in [1.807, 2.05) is 43.3 Å². The fraction of sp³-hybridized carbons (Fsp3) is 0.310. The molecule has 0 aliphatic heterocycles. The smallest absolute Gasteiger partial charge is 0.333 e. The van der Waals surface area contributed by atoms with Gasteiger partial charge in [0.2, 0.25) is 0 Å². The van der Waals surface area contributed by atoms with Gasteiger partial charge in [0.15, 0.2) is 0 Å². The van der Waals surface area contributed by atoms with Crippen LogP contribution >= 0.6 is 15.9 Å². The molecule has 0 aromatic heterocycles. The largest absolute Gasteiger partial charge is 0.466 e. The average molecular weight is 520 g/mol. The molecule has 0 saturated carbocycles. The Labute approximate surface area is 209 Å². The third-order valence-electron chi connectivity index (χ3n) is 6.84. The molecule has 0 heterocycles. The number of ether oxygens (including phenoxy) is 1. The van der Waals surface area contributed by atoms with E-state index >= 15 is 0 Å². The van der Waals surface area contributed by atoms with Crippen LogP contribution < -0.4 is 5.32 Å². The summed E-state index contributed by atoms with van der Waals surface area (Å²) >= 11 is 3.58. The predicted molar refractivity (Wildman–Crippen MR) is 141 cm³/mol. The van der Waals surface area contributed by atoms with E-state index in [0.717, 1.165) is 44.8 Å². The number of halogens is 1. The second kappa shape index (κ2) is 10.1. The Morgan fingerprint density at radius 2 is 1.88 bits per heavy atom. The quantitative estimate of drug-likeness (QED) is 0.352. The standard InChI is InChI=1S/C29H30BrNO3/c1-4-14-29(15-12-21(13-16-29)28(33)34-3)31-27(32)26-19(2)24(20-8-6-5-7-9-20)17-22-10-11-23(30)18-25(22)26/h5-12,17-18H,4,13-16H2,1-3H3,(H,31,32). The number of esters is 1. The molecule has 0 radical (unpaired) electrons. The highest BCUT2D eigenvalue weighted by atomic mass is 79.9. The third-order valence-corrected chi connectivity index (χ3v) is 7.34. The van der Waals surface area contributed by atoms with Crippen molar-refractivity contribution in [3.63, 3.8) is 0 Å². The van der Waals surface area contributed by atoms with Crippen LogP contribution in [0.4, 0.5) is 0 Å². The van der Waals surface area contributed by atoms with E-state index in [4.69, 9.17) is 4.74 Å². The van der Waals surface area contributed by atoms with Crippen molar-refractivity contribution in [3.8, 4) is 11.1 Å². The van der Waals surface area contributed by atoms with Gasteiger partial charge < -0.3 is 10.1 Å². The van der Waals surface area contributed by atoms with Crippen LogP contribution in [-0.4, -0.2) is 24.5 Å². The van der Waals surface area contributed by atoms with E-state index in [0.29, 0.717) is 30.4 Å². The lowest BCUT2D eigenvalue weighted by Gasteiger charge is -2.37. The number of hydrogen-bond donors (Lipinski definition) is 1. The van der Waals surface area contributed by atoms with Crippen LogP contribution in [0.15, 0.2) is 70.7 Å². The molecule has 1 unspecified atom stereocenters. The topological polar surface area (TPSA) is 55.4 Å². The SMILES string of the molecule is CCCC1(NC(=O)c2c(C)c(-c3ccccc3)cc3ccc(Br)cc23)CC=C(C(=O)OC)CC1. The number of rotatable bonds is 6. The second-order valence-corrected chi connectivity index (χ2v) is 9.98. The van der Waals surface area contributed by atoms with Crippen molar-refractivity contribution < 1.29 is 14.3 Å². The van der Waals surface area contributed by atoms with Gasteiger partial charge in [-0.05, 0) is 78.3 Å². The molecule has 4 nitrogen and oxygen atoms in total. The summed E-state index contributed by atoms with van der Waals surface area (Å²) in [5.74, 6) is -0.347. The van der Waals surface area contributed by atoms with Gasteiger partial charge in [0, 0.05) is 15.6 Å². The van der Waals surface area contributed by atoms with E-state index in [2.05, 4.69) is 52.4 Å². The molecule has 1 N–H and O–H groups in total. The minimum Gasteiger partial charge on any atom is -0.466 e. The number of hydrogen-bond acceptors (Lipinski definition) is 3. The summed E-state index contributed by atoms with van der Waals surface area (Å²) in [4.78, 5) is 25.9. The number of carbonyl (C=O) groups excluding carboxylic acids is 2. The van der Waals surface area contributed by atoms with Crippen LogP contribution in [0.5, 0.6) is 0 Å². The second-order valence-electron chi connectivity index (χ2n) is 9.07. The van der Waals surface area contributed by atoms with Gasteiger partial charge in [-0.1, -0.05) is 71.7 Å². The van der Waals surface area contributed by atoms with Gasteiger partial charge >= 0.3 is 5.97 Å². The summed E-state index contributed by atoms with van der Waals surface area (Å²) in [6, 6.07) is 18.4. The van der Waals surface area contributed by atoms with Gasteiger partial charge in [-0.25, -0.2) is 4.79 Å². The summed E-state index contributed by atoms with van der Waals surface area (Å²) in [6.07, 6.45) is 5.66. The maximum atomic E-state index is 14.0. The Kier molecular flexibility index (Phi) is 7.22. The third kappa shape index (κ3) is 4.80. The van der Waals surface area contributed by atoms with Crippen LogP contribution in [0.25, 0.3) is 21.9 Å². The highest BCUT2D eigenvalue weighted by Crippen LogP contribution is 2.36. The minimum absolute atomic E-state index is 0.0678. The molecule has 4 rings (SSSR count). The molecule has 1 atom stereocenters. The van der Waals surface area contributed by atoms with Crippen LogP contribution in [0.2, 0.25) is 0 Å². The summed E-state index contributed by atoms with van der Waals surface area (Å²) < 4.78 is 5.84. The molecule has 1 aliphatic rings. The summed E-state index contributed by atoms with van der Waals surface area (Å²) in [6.45, 7) is 4.15. The van der Waals surface area contributed by atoms with Gasteiger partial charge in [0.05, 0.1) is 12.7 Å². The summed E-state index contributed by atoms with van der Waals surface area (Å²) in [5, 5.41) is 5.36. The molecule has 5 heteroatoms. The molecule has 0 bridgehead atoms. The van der Waals surface area contributed by atoms with Crippen LogP contribution in [0.1, 0.15) is 54.9 Å². The van der Waals surface area contributed by atoms with Gasteiger partial charge in [0.1, 0.15) is 0 Å². The van der Waals surface area contributed by atoms with E-state index in [1.165, 1.54) is 7.11 Å². The zero-order valence-electron chi connectivity index (χ0n) is 19.9. The number of fused-ring (bicyclic) bond motifs is 1. The van der Waals surface area contributed by atoms with Crippen LogP contribution in [0, 0.1) is 6.92 Å². The highest BCUT2D eigenvalue weighted by molar-refractivity contribution is 9.10. The van der Waals surface area contributed by atoms with E-state index < -0.39 is 0 Å².